The molecule has 0 bridgehead atoms. The summed E-state index contributed by atoms with van der Waals surface area (Å²) in [5, 5.41) is 7.97. The summed E-state index contributed by atoms with van der Waals surface area (Å²) in [7, 11) is 0. The van der Waals surface area contributed by atoms with Gasteiger partial charge in [0.1, 0.15) is 23.3 Å². The molecule has 2 aromatic heterocycles. The smallest absolute Gasteiger partial charge is 0.264 e. The van der Waals surface area contributed by atoms with Gasteiger partial charge in [-0.3, -0.25) is 9.36 Å². The van der Waals surface area contributed by atoms with Crippen molar-refractivity contribution in [3.05, 3.63) is 58.3 Å². The Kier molecular flexibility index (Phi) is 4.04. The molecule has 0 atom stereocenters. The molecular weight excluding hydrogens is 328 g/mol. The molecule has 1 fully saturated rings. The van der Waals surface area contributed by atoms with E-state index in [0.717, 1.165) is 25.9 Å². The average molecular weight is 345 g/mol. The number of piperidine rings is 1. The number of hydrogen-bond acceptors (Lipinski definition) is 4. The number of nitrogens with zero attached hydrogens (tertiary/aromatic N) is 4. The van der Waals surface area contributed by atoms with Crippen molar-refractivity contribution in [2.75, 3.05) is 13.1 Å². The average Bonchev–Trinajstić information content (AvgIpc) is 3.06. The summed E-state index contributed by atoms with van der Waals surface area (Å²) in [4.78, 5) is 17.0. The zero-order valence-electron chi connectivity index (χ0n) is 13.5. The van der Waals surface area contributed by atoms with Gasteiger partial charge in [-0.2, -0.15) is 5.10 Å². The van der Waals surface area contributed by atoms with E-state index in [4.69, 9.17) is 0 Å². The standard InChI is InChI=1S/C17H17F2N5O/c18-14-2-1-3-15(19)13(14)9-23-10-21-16-12(17(23)25)8-22-24(16)11-4-6-20-7-5-11/h1-3,8,10-11,20H,4-7,9H2. The Morgan fingerprint density at radius 1 is 1.20 bits per heavy atom. The van der Waals surface area contributed by atoms with Gasteiger partial charge in [0.05, 0.1) is 18.8 Å². The van der Waals surface area contributed by atoms with Crippen LogP contribution >= 0.6 is 0 Å². The second-order valence-corrected chi connectivity index (χ2v) is 6.19. The highest BCUT2D eigenvalue weighted by molar-refractivity contribution is 5.73. The Bertz CT molecular complexity index is 955. The van der Waals surface area contributed by atoms with E-state index in [9.17, 15) is 13.6 Å². The predicted octanol–water partition coefficient (Wildman–Crippen LogP) is 1.84. The number of halogens is 2. The third-order valence-corrected chi connectivity index (χ3v) is 4.62. The van der Waals surface area contributed by atoms with E-state index in [1.54, 1.807) is 4.68 Å². The van der Waals surface area contributed by atoms with Crippen LogP contribution < -0.4 is 10.9 Å². The maximum Gasteiger partial charge on any atom is 0.264 e. The van der Waals surface area contributed by atoms with Crippen LogP contribution in [0.1, 0.15) is 24.4 Å². The van der Waals surface area contributed by atoms with Crippen LogP contribution in [-0.2, 0) is 6.54 Å². The third-order valence-electron chi connectivity index (χ3n) is 4.62. The van der Waals surface area contributed by atoms with E-state index in [2.05, 4.69) is 15.4 Å². The first-order chi connectivity index (χ1) is 12.1. The van der Waals surface area contributed by atoms with Crippen molar-refractivity contribution >= 4 is 11.0 Å². The van der Waals surface area contributed by atoms with Gasteiger partial charge in [0.25, 0.3) is 5.56 Å². The third kappa shape index (κ3) is 2.82. The molecule has 1 saturated heterocycles. The number of rotatable bonds is 3. The minimum absolute atomic E-state index is 0.156. The first-order valence-electron chi connectivity index (χ1n) is 8.21. The molecule has 0 spiro atoms. The van der Waals surface area contributed by atoms with Crippen molar-refractivity contribution in [1.82, 2.24) is 24.6 Å². The number of benzene rings is 1. The molecule has 8 heteroatoms. The van der Waals surface area contributed by atoms with Gasteiger partial charge < -0.3 is 5.32 Å². The van der Waals surface area contributed by atoms with E-state index in [1.165, 1.54) is 35.3 Å². The Hall–Kier alpha value is -2.61. The summed E-state index contributed by atoms with van der Waals surface area (Å²) in [6, 6.07) is 3.84. The highest BCUT2D eigenvalue weighted by atomic mass is 19.1. The first kappa shape index (κ1) is 15.9. The fraction of sp³-hybridized carbons (Fsp3) is 0.353. The van der Waals surface area contributed by atoms with Gasteiger partial charge in [-0.25, -0.2) is 18.4 Å². The highest BCUT2D eigenvalue weighted by Gasteiger charge is 2.20. The van der Waals surface area contributed by atoms with Crippen molar-refractivity contribution < 1.29 is 8.78 Å². The Morgan fingerprint density at radius 3 is 2.64 bits per heavy atom. The lowest BCUT2D eigenvalue weighted by Crippen LogP contribution is -2.30. The van der Waals surface area contributed by atoms with Crippen LogP contribution in [0.3, 0.4) is 0 Å². The van der Waals surface area contributed by atoms with Crippen LogP contribution in [0.15, 0.2) is 35.5 Å². The van der Waals surface area contributed by atoms with E-state index in [1.807, 2.05) is 0 Å². The highest BCUT2D eigenvalue weighted by Crippen LogP contribution is 2.21. The molecule has 0 saturated carbocycles. The van der Waals surface area contributed by atoms with Gasteiger partial charge >= 0.3 is 0 Å². The monoisotopic (exact) mass is 345 g/mol. The van der Waals surface area contributed by atoms with Gasteiger partial charge in [-0.05, 0) is 38.1 Å². The number of aromatic nitrogens is 4. The SMILES string of the molecule is O=c1c2cnn(C3CCNCC3)c2ncn1Cc1c(F)cccc1F. The molecular formula is C17H17F2N5O. The Balaban J connectivity index is 1.73. The summed E-state index contributed by atoms with van der Waals surface area (Å²) in [5.74, 6) is -1.37. The first-order valence-corrected chi connectivity index (χ1v) is 8.21. The molecule has 130 valence electrons. The van der Waals surface area contributed by atoms with Crippen molar-refractivity contribution in [2.45, 2.75) is 25.4 Å². The Labute approximate surface area is 142 Å². The number of fused-ring (bicyclic) bond motifs is 1. The maximum absolute atomic E-state index is 13.8. The summed E-state index contributed by atoms with van der Waals surface area (Å²) in [5.41, 5.74) is 0.00601. The lowest BCUT2D eigenvalue weighted by atomic mass is 10.1. The van der Waals surface area contributed by atoms with Gasteiger partial charge in [0, 0.05) is 5.56 Å². The molecule has 3 heterocycles. The van der Waals surface area contributed by atoms with Crippen LogP contribution in [0.25, 0.3) is 11.0 Å². The molecule has 1 aromatic carbocycles. The molecule has 0 aliphatic carbocycles. The minimum Gasteiger partial charge on any atom is -0.317 e. The van der Waals surface area contributed by atoms with Crippen LogP contribution in [0.2, 0.25) is 0 Å². The minimum atomic E-state index is -0.683. The second kappa shape index (κ2) is 6.36. The predicted molar refractivity (Wildman–Crippen MR) is 88.4 cm³/mol. The molecule has 1 aliphatic heterocycles. The van der Waals surface area contributed by atoms with Crippen molar-refractivity contribution in [3.8, 4) is 0 Å². The zero-order valence-corrected chi connectivity index (χ0v) is 13.5. The molecule has 1 N–H and O–H groups in total. The van der Waals surface area contributed by atoms with Crippen molar-refractivity contribution in [1.29, 1.82) is 0 Å². The topological polar surface area (TPSA) is 64.7 Å². The van der Waals surface area contributed by atoms with Gasteiger partial charge in [-0.15, -0.1) is 0 Å². The van der Waals surface area contributed by atoms with E-state index >= 15 is 0 Å². The molecule has 1 aliphatic rings. The lowest BCUT2D eigenvalue weighted by Gasteiger charge is -2.23. The van der Waals surface area contributed by atoms with E-state index in [-0.39, 0.29) is 23.7 Å². The fourth-order valence-corrected chi connectivity index (χ4v) is 3.25. The quantitative estimate of drug-likeness (QED) is 0.787. The maximum atomic E-state index is 13.8. The van der Waals surface area contributed by atoms with Crippen LogP contribution in [0.4, 0.5) is 8.78 Å². The largest absolute Gasteiger partial charge is 0.317 e. The van der Waals surface area contributed by atoms with Gasteiger partial charge in [-0.1, -0.05) is 6.07 Å². The summed E-state index contributed by atoms with van der Waals surface area (Å²) in [6.45, 7) is 1.59. The molecule has 25 heavy (non-hydrogen) atoms. The van der Waals surface area contributed by atoms with Crippen LogP contribution in [0.5, 0.6) is 0 Å². The zero-order chi connectivity index (χ0) is 17.4. The lowest BCUT2D eigenvalue weighted by molar-refractivity contribution is 0.349. The van der Waals surface area contributed by atoms with E-state index in [0.29, 0.717) is 11.0 Å². The molecule has 3 aromatic rings. The molecule has 0 amide bonds. The molecule has 0 unspecified atom stereocenters. The second-order valence-electron chi connectivity index (χ2n) is 6.19. The molecule has 4 rings (SSSR count). The number of nitrogens with one attached hydrogen (secondary N) is 1. The van der Waals surface area contributed by atoms with E-state index < -0.39 is 11.6 Å². The summed E-state index contributed by atoms with van der Waals surface area (Å²) in [6.07, 6.45) is 4.65. The van der Waals surface area contributed by atoms with Crippen molar-refractivity contribution in [2.24, 2.45) is 0 Å². The van der Waals surface area contributed by atoms with Crippen LogP contribution in [0, 0.1) is 11.6 Å². The fourth-order valence-electron chi connectivity index (χ4n) is 3.25. The summed E-state index contributed by atoms with van der Waals surface area (Å²) >= 11 is 0. The Morgan fingerprint density at radius 2 is 1.92 bits per heavy atom. The van der Waals surface area contributed by atoms with Crippen molar-refractivity contribution in [3.63, 3.8) is 0 Å². The number of hydrogen-bond donors (Lipinski definition) is 1. The normalized spacial score (nSPS) is 15.8. The van der Waals surface area contributed by atoms with Crippen LogP contribution in [-0.4, -0.2) is 32.4 Å². The van der Waals surface area contributed by atoms with Gasteiger partial charge in [0.2, 0.25) is 0 Å². The van der Waals surface area contributed by atoms with Gasteiger partial charge in [0.15, 0.2) is 5.65 Å². The molecule has 6 nitrogen and oxygen atoms in total. The molecule has 0 radical (unpaired) electrons. The summed E-state index contributed by atoms with van der Waals surface area (Å²) < 4.78 is 30.7.